The summed E-state index contributed by atoms with van der Waals surface area (Å²) in [6, 6.07) is 11.6. The van der Waals surface area contributed by atoms with Gasteiger partial charge in [0, 0.05) is 22.3 Å². The molecule has 5 nitrogen and oxygen atoms in total. The van der Waals surface area contributed by atoms with Crippen LogP contribution in [0.4, 0.5) is 11.4 Å². The molecule has 0 heterocycles. The van der Waals surface area contributed by atoms with Crippen LogP contribution in [-0.4, -0.2) is 10.8 Å². The predicted octanol–water partition coefficient (Wildman–Crippen LogP) is 4.41. The highest BCUT2D eigenvalue weighted by Gasteiger charge is 2.17. The standard InChI is InChI=1S/C16H15BrN2O3/c1-10-9-13(17)5-8-15(10)18-16(20)11(2)12-3-6-14(7-4-12)19(21)22/h3-9,11H,1-2H3,(H,18,20)/t11-/m0/s1. The van der Waals surface area contributed by atoms with E-state index < -0.39 is 10.8 Å². The fourth-order valence-electron chi connectivity index (χ4n) is 2.04. The van der Waals surface area contributed by atoms with Crippen molar-refractivity contribution in [3.8, 4) is 0 Å². The molecule has 0 aromatic heterocycles. The Kier molecular flexibility index (Phi) is 4.92. The minimum atomic E-state index is -0.459. The number of carbonyl (C=O) groups excluding carboxylic acids is 1. The lowest BCUT2D eigenvalue weighted by atomic mass is 10.00. The first-order valence-corrected chi connectivity index (χ1v) is 7.49. The number of rotatable bonds is 4. The van der Waals surface area contributed by atoms with Crippen LogP contribution < -0.4 is 5.32 Å². The van der Waals surface area contributed by atoms with Gasteiger partial charge in [-0.15, -0.1) is 0 Å². The molecular formula is C16H15BrN2O3. The van der Waals surface area contributed by atoms with Crippen LogP contribution in [0.15, 0.2) is 46.9 Å². The van der Waals surface area contributed by atoms with Crippen LogP contribution in [0, 0.1) is 17.0 Å². The molecule has 0 aliphatic rings. The number of nitrogens with zero attached hydrogens (tertiary/aromatic N) is 1. The summed E-state index contributed by atoms with van der Waals surface area (Å²) < 4.78 is 0.950. The molecule has 0 saturated carbocycles. The minimum absolute atomic E-state index is 0.0140. The smallest absolute Gasteiger partial charge is 0.269 e. The highest BCUT2D eigenvalue weighted by Crippen LogP contribution is 2.24. The molecule has 1 amide bonds. The third kappa shape index (κ3) is 3.71. The molecule has 2 aromatic rings. The number of nitro benzene ring substituents is 1. The second-order valence-electron chi connectivity index (χ2n) is 5.02. The van der Waals surface area contributed by atoms with Crippen LogP contribution in [0.5, 0.6) is 0 Å². The van der Waals surface area contributed by atoms with Crippen molar-refractivity contribution in [2.75, 3.05) is 5.32 Å². The maximum atomic E-state index is 12.3. The fourth-order valence-corrected chi connectivity index (χ4v) is 2.52. The second kappa shape index (κ2) is 6.70. The minimum Gasteiger partial charge on any atom is -0.325 e. The van der Waals surface area contributed by atoms with E-state index in [0.717, 1.165) is 21.3 Å². The number of halogens is 1. The highest BCUT2D eigenvalue weighted by molar-refractivity contribution is 9.10. The van der Waals surface area contributed by atoms with Crippen LogP contribution in [-0.2, 0) is 4.79 Å². The zero-order valence-electron chi connectivity index (χ0n) is 12.2. The molecule has 2 aromatic carbocycles. The number of nitrogens with one attached hydrogen (secondary N) is 1. The summed E-state index contributed by atoms with van der Waals surface area (Å²) in [6.07, 6.45) is 0. The molecule has 1 atom stereocenters. The number of hydrogen-bond acceptors (Lipinski definition) is 3. The van der Waals surface area contributed by atoms with Crippen LogP contribution >= 0.6 is 15.9 Å². The number of nitro groups is 1. The lowest BCUT2D eigenvalue weighted by molar-refractivity contribution is -0.384. The van der Waals surface area contributed by atoms with Gasteiger partial charge < -0.3 is 5.32 Å². The molecule has 0 aliphatic carbocycles. The zero-order chi connectivity index (χ0) is 16.3. The number of aryl methyl sites for hydroxylation is 1. The molecule has 0 bridgehead atoms. The first-order valence-electron chi connectivity index (χ1n) is 6.70. The van der Waals surface area contributed by atoms with Crippen molar-refractivity contribution >= 4 is 33.2 Å². The van der Waals surface area contributed by atoms with Crippen molar-refractivity contribution in [3.63, 3.8) is 0 Å². The van der Waals surface area contributed by atoms with E-state index in [1.54, 1.807) is 19.1 Å². The Labute approximate surface area is 136 Å². The molecule has 0 fully saturated rings. The van der Waals surface area contributed by atoms with Gasteiger partial charge in [0.2, 0.25) is 5.91 Å². The molecule has 0 aliphatic heterocycles. The van der Waals surface area contributed by atoms with Gasteiger partial charge in [0.15, 0.2) is 0 Å². The third-order valence-corrected chi connectivity index (χ3v) is 3.94. The maximum absolute atomic E-state index is 12.3. The van der Waals surface area contributed by atoms with Crippen LogP contribution in [0.25, 0.3) is 0 Å². The van der Waals surface area contributed by atoms with Crippen molar-refractivity contribution in [1.82, 2.24) is 0 Å². The average Bonchev–Trinajstić information content (AvgIpc) is 2.49. The molecule has 0 saturated heterocycles. The Balaban J connectivity index is 2.13. The van der Waals surface area contributed by atoms with Gasteiger partial charge in [-0.3, -0.25) is 14.9 Å². The molecule has 114 valence electrons. The van der Waals surface area contributed by atoms with Crippen LogP contribution in [0.3, 0.4) is 0 Å². The SMILES string of the molecule is Cc1cc(Br)ccc1NC(=O)[C@@H](C)c1ccc([N+](=O)[O-])cc1. The number of hydrogen-bond donors (Lipinski definition) is 1. The largest absolute Gasteiger partial charge is 0.325 e. The van der Waals surface area contributed by atoms with Crippen LogP contribution in [0.1, 0.15) is 24.0 Å². The van der Waals surface area contributed by atoms with Gasteiger partial charge in [-0.2, -0.15) is 0 Å². The molecule has 0 unspecified atom stereocenters. The Bertz CT molecular complexity index is 714. The molecule has 22 heavy (non-hydrogen) atoms. The number of amides is 1. The van der Waals surface area contributed by atoms with Crippen molar-refractivity contribution in [2.45, 2.75) is 19.8 Å². The van der Waals surface area contributed by atoms with E-state index in [1.165, 1.54) is 12.1 Å². The van der Waals surface area contributed by atoms with Gasteiger partial charge in [0.25, 0.3) is 5.69 Å². The number of non-ortho nitro benzene ring substituents is 1. The molecule has 0 radical (unpaired) electrons. The lowest BCUT2D eigenvalue weighted by Gasteiger charge is -2.14. The summed E-state index contributed by atoms with van der Waals surface area (Å²) in [5.74, 6) is -0.553. The van der Waals surface area contributed by atoms with E-state index >= 15 is 0 Å². The molecule has 6 heteroatoms. The number of carbonyl (C=O) groups is 1. The monoisotopic (exact) mass is 362 g/mol. The van der Waals surface area contributed by atoms with Gasteiger partial charge in [0.1, 0.15) is 0 Å². The molecular weight excluding hydrogens is 348 g/mol. The highest BCUT2D eigenvalue weighted by atomic mass is 79.9. The Hall–Kier alpha value is -2.21. The lowest BCUT2D eigenvalue weighted by Crippen LogP contribution is -2.19. The van der Waals surface area contributed by atoms with Gasteiger partial charge in [0.05, 0.1) is 10.8 Å². The summed E-state index contributed by atoms with van der Waals surface area (Å²) in [4.78, 5) is 22.5. The van der Waals surface area contributed by atoms with Crippen molar-refractivity contribution in [2.24, 2.45) is 0 Å². The third-order valence-electron chi connectivity index (χ3n) is 3.44. The average molecular weight is 363 g/mol. The van der Waals surface area contributed by atoms with Gasteiger partial charge in [-0.1, -0.05) is 28.1 Å². The second-order valence-corrected chi connectivity index (χ2v) is 5.93. The first-order chi connectivity index (χ1) is 10.4. The van der Waals surface area contributed by atoms with E-state index in [2.05, 4.69) is 21.2 Å². The number of anilines is 1. The van der Waals surface area contributed by atoms with E-state index in [-0.39, 0.29) is 11.6 Å². The van der Waals surface area contributed by atoms with E-state index in [9.17, 15) is 14.9 Å². The molecule has 2 rings (SSSR count). The quantitative estimate of drug-likeness (QED) is 0.646. The first kappa shape index (κ1) is 16.2. The zero-order valence-corrected chi connectivity index (χ0v) is 13.8. The summed E-state index contributed by atoms with van der Waals surface area (Å²) in [5.41, 5.74) is 2.46. The van der Waals surface area contributed by atoms with E-state index in [1.807, 2.05) is 25.1 Å². The normalized spacial score (nSPS) is 11.8. The maximum Gasteiger partial charge on any atom is 0.269 e. The van der Waals surface area contributed by atoms with Crippen molar-refractivity contribution in [1.29, 1.82) is 0 Å². The van der Waals surface area contributed by atoms with Crippen molar-refractivity contribution in [3.05, 3.63) is 68.2 Å². The summed E-state index contributed by atoms with van der Waals surface area (Å²) in [7, 11) is 0. The fraction of sp³-hybridized carbons (Fsp3) is 0.188. The topological polar surface area (TPSA) is 72.2 Å². The van der Waals surface area contributed by atoms with Crippen LogP contribution in [0.2, 0.25) is 0 Å². The van der Waals surface area contributed by atoms with Gasteiger partial charge >= 0.3 is 0 Å². The van der Waals surface area contributed by atoms with Gasteiger partial charge in [-0.25, -0.2) is 0 Å². The summed E-state index contributed by atoms with van der Waals surface area (Å²) in [6.45, 7) is 3.68. The summed E-state index contributed by atoms with van der Waals surface area (Å²) >= 11 is 3.38. The Morgan fingerprint density at radius 1 is 1.23 bits per heavy atom. The molecule has 1 N–H and O–H groups in total. The van der Waals surface area contributed by atoms with Gasteiger partial charge in [-0.05, 0) is 43.2 Å². The Morgan fingerprint density at radius 3 is 2.41 bits per heavy atom. The predicted molar refractivity (Wildman–Crippen MR) is 89.0 cm³/mol. The molecule has 0 spiro atoms. The van der Waals surface area contributed by atoms with Crippen molar-refractivity contribution < 1.29 is 9.72 Å². The van der Waals surface area contributed by atoms with E-state index in [4.69, 9.17) is 0 Å². The Morgan fingerprint density at radius 2 is 1.86 bits per heavy atom. The van der Waals surface area contributed by atoms with E-state index in [0.29, 0.717) is 0 Å². The summed E-state index contributed by atoms with van der Waals surface area (Å²) in [5, 5.41) is 13.5. The number of benzene rings is 2.